The Hall–Kier alpha value is -1.99. The van der Waals surface area contributed by atoms with E-state index < -0.39 is 0 Å². The molecular formula is C19H30N6O. The van der Waals surface area contributed by atoms with Crippen molar-refractivity contribution in [1.29, 1.82) is 0 Å². The van der Waals surface area contributed by atoms with Crippen LogP contribution in [0.2, 0.25) is 0 Å². The Morgan fingerprint density at radius 1 is 1.12 bits per heavy atom. The monoisotopic (exact) mass is 358 g/mol. The maximum absolute atomic E-state index is 5.66. The van der Waals surface area contributed by atoms with Crippen LogP contribution in [0.1, 0.15) is 37.7 Å². The number of methoxy groups -OCH3 is 1. The third-order valence-electron chi connectivity index (χ3n) is 5.06. The van der Waals surface area contributed by atoms with Gasteiger partial charge in [0.05, 0.1) is 7.11 Å². The van der Waals surface area contributed by atoms with Gasteiger partial charge in [0.15, 0.2) is 5.82 Å². The van der Waals surface area contributed by atoms with Crippen molar-refractivity contribution in [2.75, 3.05) is 40.3 Å². The van der Waals surface area contributed by atoms with Gasteiger partial charge in [0.25, 0.3) is 0 Å². The maximum Gasteiger partial charge on any atom is 0.173 e. The van der Waals surface area contributed by atoms with Gasteiger partial charge in [0.1, 0.15) is 11.8 Å². The number of nitrogens with zero attached hydrogens (tertiary/aromatic N) is 6. The van der Waals surface area contributed by atoms with Gasteiger partial charge >= 0.3 is 0 Å². The van der Waals surface area contributed by atoms with Crippen LogP contribution < -0.4 is 4.74 Å². The van der Waals surface area contributed by atoms with Crippen LogP contribution in [0.25, 0.3) is 0 Å². The van der Waals surface area contributed by atoms with Crippen LogP contribution in [0, 0.1) is 5.92 Å². The highest BCUT2D eigenvalue weighted by Gasteiger charge is 2.31. The van der Waals surface area contributed by atoms with E-state index >= 15 is 0 Å². The maximum atomic E-state index is 5.66. The number of benzene rings is 1. The number of para-hydroxylation sites is 1. The van der Waals surface area contributed by atoms with Crippen molar-refractivity contribution in [3.8, 4) is 5.75 Å². The second-order valence-electron chi connectivity index (χ2n) is 7.43. The van der Waals surface area contributed by atoms with E-state index in [0.717, 1.165) is 56.3 Å². The summed E-state index contributed by atoms with van der Waals surface area (Å²) in [7, 11) is 3.89. The van der Waals surface area contributed by atoms with Crippen LogP contribution in [0.4, 0.5) is 0 Å². The molecule has 0 radical (unpaired) electrons. The molecule has 26 heavy (non-hydrogen) atoms. The van der Waals surface area contributed by atoms with Crippen LogP contribution in [0.3, 0.4) is 0 Å². The first-order valence-corrected chi connectivity index (χ1v) is 9.41. The number of ether oxygens (including phenoxy) is 1. The quantitative estimate of drug-likeness (QED) is 0.755. The molecule has 0 spiro atoms. The SMILES string of the molecule is COc1ccccc1[C@H](c1nnnn1CCC(C)C)N1CCN(C)CC1. The lowest BCUT2D eigenvalue weighted by molar-refractivity contribution is 0.120. The first kappa shape index (κ1) is 18.8. The Labute approximate surface area is 155 Å². The van der Waals surface area contributed by atoms with Crippen LogP contribution in [-0.4, -0.2) is 70.3 Å². The van der Waals surface area contributed by atoms with E-state index in [-0.39, 0.29) is 6.04 Å². The molecule has 1 fully saturated rings. The van der Waals surface area contributed by atoms with Gasteiger partial charge in [-0.15, -0.1) is 5.10 Å². The van der Waals surface area contributed by atoms with Gasteiger partial charge in [0, 0.05) is 38.3 Å². The Morgan fingerprint density at radius 3 is 2.54 bits per heavy atom. The summed E-state index contributed by atoms with van der Waals surface area (Å²) >= 11 is 0. The van der Waals surface area contributed by atoms with E-state index in [2.05, 4.69) is 58.4 Å². The molecule has 0 bridgehead atoms. The zero-order valence-corrected chi connectivity index (χ0v) is 16.3. The molecule has 1 aromatic heterocycles. The summed E-state index contributed by atoms with van der Waals surface area (Å²) in [6.45, 7) is 9.33. The molecule has 1 aliphatic rings. The summed E-state index contributed by atoms with van der Waals surface area (Å²) in [6, 6.07) is 8.21. The van der Waals surface area contributed by atoms with E-state index in [1.807, 2.05) is 16.8 Å². The van der Waals surface area contributed by atoms with Crippen molar-refractivity contribution < 1.29 is 4.74 Å². The molecule has 2 aromatic rings. The number of likely N-dealkylation sites (N-methyl/N-ethyl adjacent to an activating group) is 1. The lowest BCUT2D eigenvalue weighted by Gasteiger charge is -2.37. The van der Waals surface area contributed by atoms with Gasteiger partial charge in [-0.3, -0.25) is 4.90 Å². The summed E-state index contributed by atoms with van der Waals surface area (Å²) in [4.78, 5) is 4.83. The fourth-order valence-corrected chi connectivity index (χ4v) is 3.42. The van der Waals surface area contributed by atoms with E-state index in [1.54, 1.807) is 7.11 Å². The summed E-state index contributed by atoms with van der Waals surface area (Å²) in [6.07, 6.45) is 1.05. The van der Waals surface area contributed by atoms with Gasteiger partial charge in [-0.2, -0.15) is 0 Å². The Kier molecular flexibility index (Phi) is 6.21. The van der Waals surface area contributed by atoms with Gasteiger partial charge < -0.3 is 9.64 Å². The average molecular weight is 358 g/mol. The highest BCUT2D eigenvalue weighted by molar-refractivity contribution is 5.39. The Bertz CT molecular complexity index is 693. The van der Waals surface area contributed by atoms with E-state index in [1.165, 1.54) is 0 Å². The molecular weight excluding hydrogens is 328 g/mol. The molecule has 0 amide bonds. The molecule has 7 nitrogen and oxygen atoms in total. The van der Waals surface area contributed by atoms with Crippen molar-refractivity contribution >= 4 is 0 Å². The van der Waals surface area contributed by atoms with Gasteiger partial charge in [-0.05, 0) is 35.9 Å². The van der Waals surface area contributed by atoms with Crippen molar-refractivity contribution in [1.82, 2.24) is 30.0 Å². The third-order valence-corrected chi connectivity index (χ3v) is 5.06. The van der Waals surface area contributed by atoms with Crippen LogP contribution in [0.5, 0.6) is 5.75 Å². The van der Waals surface area contributed by atoms with E-state index in [0.29, 0.717) is 5.92 Å². The number of hydrogen-bond donors (Lipinski definition) is 0. The first-order chi connectivity index (χ1) is 12.6. The molecule has 0 aliphatic carbocycles. The molecule has 142 valence electrons. The predicted molar refractivity (Wildman–Crippen MR) is 101 cm³/mol. The molecule has 1 saturated heterocycles. The highest BCUT2D eigenvalue weighted by atomic mass is 16.5. The summed E-state index contributed by atoms with van der Waals surface area (Å²) in [5, 5.41) is 12.7. The van der Waals surface area contributed by atoms with Crippen molar-refractivity contribution in [2.45, 2.75) is 32.9 Å². The number of aryl methyl sites for hydroxylation is 1. The van der Waals surface area contributed by atoms with Crippen molar-refractivity contribution in [3.63, 3.8) is 0 Å². The lowest BCUT2D eigenvalue weighted by Crippen LogP contribution is -2.46. The number of aromatic nitrogens is 4. The van der Waals surface area contributed by atoms with Crippen LogP contribution in [0.15, 0.2) is 24.3 Å². The normalized spacial score (nSPS) is 17.6. The summed E-state index contributed by atoms with van der Waals surface area (Å²) in [5.41, 5.74) is 1.13. The molecule has 2 heterocycles. The number of rotatable bonds is 7. The molecule has 0 saturated carbocycles. The van der Waals surface area contributed by atoms with Crippen molar-refractivity contribution in [2.24, 2.45) is 5.92 Å². The largest absolute Gasteiger partial charge is 0.496 e. The lowest BCUT2D eigenvalue weighted by atomic mass is 10.0. The first-order valence-electron chi connectivity index (χ1n) is 9.41. The number of hydrogen-bond acceptors (Lipinski definition) is 6. The Balaban J connectivity index is 1.97. The second kappa shape index (κ2) is 8.60. The standard InChI is InChI=1S/C19H30N6O/c1-15(2)9-10-25-19(20-21-22-25)18(24-13-11-23(3)12-14-24)16-7-5-6-8-17(16)26-4/h5-8,15,18H,9-14H2,1-4H3/t18-/m1/s1. The minimum atomic E-state index is 0.00186. The molecule has 0 N–H and O–H groups in total. The van der Waals surface area contributed by atoms with E-state index in [4.69, 9.17) is 4.74 Å². The molecule has 1 aliphatic heterocycles. The average Bonchev–Trinajstić information content (AvgIpc) is 3.10. The molecule has 0 unspecified atom stereocenters. The molecule has 3 rings (SSSR count). The molecule has 1 aromatic carbocycles. The van der Waals surface area contributed by atoms with Gasteiger partial charge in [-0.25, -0.2) is 4.68 Å². The smallest absolute Gasteiger partial charge is 0.173 e. The minimum Gasteiger partial charge on any atom is -0.496 e. The number of piperazine rings is 1. The second-order valence-corrected chi connectivity index (χ2v) is 7.43. The van der Waals surface area contributed by atoms with Crippen LogP contribution >= 0.6 is 0 Å². The number of tetrazole rings is 1. The minimum absolute atomic E-state index is 0.00186. The van der Waals surface area contributed by atoms with Gasteiger partial charge in [0.2, 0.25) is 0 Å². The summed E-state index contributed by atoms with van der Waals surface area (Å²) < 4.78 is 7.63. The van der Waals surface area contributed by atoms with E-state index in [9.17, 15) is 0 Å². The van der Waals surface area contributed by atoms with Gasteiger partial charge in [-0.1, -0.05) is 32.0 Å². The predicted octanol–water partition coefficient (Wildman–Crippen LogP) is 2.06. The fraction of sp³-hybridized carbons (Fsp3) is 0.632. The zero-order chi connectivity index (χ0) is 18.5. The Morgan fingerprint density at radius 2 is 1.85 bits per heavy atom. The third kappa shape index (κ3) is 4.22. The molecule has 1 atom stereocenters. The van der Waals surface area contributed by atoms with Crippen molar-refractivity contribution in [3.05, 3.63) is 35.7 Å². The van der Waals surface area contributed by atoms with Crippen LogP contribution in [-0.2, 0) is 6.54 Å². The topological polar surface area (TPSA) is 59.3 Å². The zero-order valence-electron chi connectivity index (χ0n) is 16.3. The highest BCUT2D eigenvalue weighted by Crippen LogP contribution is 2.34. The molecule has 7 heteroatoms. The fourth-order valence-electron chi connectivity index (χ4n) is 3.42. The summed E-state index contributed by atoms with van der Waals surface area (Å²) in [5.74, 6) is 2.40.